The number of likely N-dealkylation sites (N-methyl/N-ethyl adjacent to an activating group) is 1. The third-order valence-electron chi connectivity index (χ3n) is 2.59. The van der Waals surface area contributed by atoms with Crippen LogP contribution in [0.2, 0.25) is 0 Å². The lowest BCUT2D eigenvalue weighted by molar-refractivity contribution is -0.139. The summed E-state index contributed by atoms with van der Waals surface area (Å²) in [5.74, 6) is 0.212. The van der Waals surface area contributed by atoms with Gasteiger partial charge in [-0.2, -0.15) is 0 Å². The van der Waals surface area contributed by atoms with Crippen molar-refractivity contribution < 1.29 is 19.4 Å². The van der Waals surface area contributed by atoms with Gasteiger partial charge in [-0.25, -0.2) is 0 Å². The molecule has 0 amide bonds. The zero-order chi connectivity index (χ0) is 13.0. The van der Waals surface area contributed by atoms with Crippen LogP contribution in [-0.4, -0.2) is 32.3 Å². The molecule has 0 spiro atoms. The summed E-state index contributed by atoms with van der Waals surface area (Å²) in [5.41, 5.74) is 1.44. The van der Waals surface area contributed by atoms with Crippen molar-refractivity contribution in [2.45, 2.75) is 13.0 Å². The van der Waals surface area contributed by atoms with Gasteiger partial charge in [0.15, 0.2) is 0 Å². The second-order valence-corrected chi connectivity index (χ2v) is 3.62. The van der Waals surface area contributed by atoms with Crippen molar-refractivity contribution in [3.05, 3.63) is 23.3 Å². The maximum absolute atomic E-state index is 11.1. The summed E-state index contributed by atoms with van der Waals surface area (Å²) >= 11 is 0. The van der Waals surface area contributed by atoms with E-state index in [-0.39, 0.29) is 0 Å². The fourth-order valence-electron chi connectivity index (χ4n) is 1.71. The highest BCUT2D eigenvalue weighted by molar-refractivity contribution is 5.77. The normalized spacial score (nSPS) is 12.0. The van der Waals surface area contributed by atoms with Crippen LogP contribution in [0.4, 0.5) is 0 Å². The number of methoxy groups -OCH3 is 2. The van der Waals surface area contributed by atoms with Crippen LogP contribution in [0.15, 0.2) is 12.1 Å². The number of aryl methyl sites for hydroxylation is 1. The van der Waals surface area contributed by atoms with E-state index >= 15 is 0 Å². The standard InChI is InChI=1S/C12H17NO4/c1-7-5-10(17-4)8(6-9(7)16-3)11(13-2)12(14)15/h5-6,11,13H,1-4H3,(H,14,15). The van der Waals surface area contributed by atoms with Gasteiger partial charge in [0.05, 0.1) is 14.2 Å². The van der Waals surface area contributed by atoms with Gasteiger partial charge in [0, 0.05) is 5.56 Å². The van der Waals surface area contributed by atoms with E-state index in [0.29, 0.717) is 17.1 Å². The van der Waals surface area contributed by atoms with Crippen molar-refractivity contribution in [3.8, 4) is 11.5 Å². The maximum Gasteiger partial charge on any atom is 0.325 e. The lowest BCUT2D eigenvalue weighted by Crippen LogP contribution is -2.25. The van der Waals surface area contributed by atoms with Gasteiger partial charge >= 0.3 is 5.97 Å². The Morgan fingerprint density at radius 3 is 2.29 bits per heavy atom. The minimum atomic E-state index is -0.961. The SMILES string of the molecule is CNC(C(=O)O)c1cc(OC)c(C)cc1OC. The van der Waals surface area contributed by atoms with E-state index in [1.54, 1.807) is 26.3 Å². The molecular formula is C12H17NO4. The maximum atomic E-state index is 11.1. The number of hydrogen-bond acceptors (Lipinski definition) is 4. The molecule has 5 nitrogen and oxygen atoms in total. The van der Waals surface area contributed by atoms with E-state index in [0.717, 1.165) is 5.56 Å². The first-order valence-electron chi connectivity index (χ1n) is 5.17. The number of ether oxygens (including phenoxy) is 2. The van der Waals surface area contributed by atoms with E-state index in [9.17, 15) is 4.79 Å². The second kappa shape index (κ2) is 5.54. The molecule has 1 aromatic rings. The Morgan fingerprint density at radius 2 is 1.88 bits per heavy atom. The van der Waals surface area contributed by atoms with E-state index in [1.807, 2.05) is 6.92 Å². The molecule has 0 saturated heterocycles. The van der Waals surface area contributed by atoms with Crippen molar-refractivity contribution >= 4 is 5.97 Å². The number of benzene rings is 1. The number of nitrogens with one attached hydrogen (secondary N) is 1. The van der Waals surface area contributed by atoms with E-state index in [2.05, 4.69) is 5.32 Å². The highest BCUT2D eigenvalue weighted by atomic mass is 16.5. The first kappa shape index (κ1) is 13.3. The molecule has 5 heteroatoms. The zero-order valence-corrected chi connectivity index (χ0v) is 10.4. The monoisotopic (exact) mass is 239 g/mol. The molecule has 94 valence electrons. The summed E-state index contributed by atoms with van der Waals surface area (Å²) in [7, 11) is 4.65. The highest BCUT2D eigenvalue weighted by Crippen LogP contribution is 2.32. The van der Waals surface area contributed by atoms with Crippen LogP contribution in [0.1, 0.15) is 17.2 Å². The smallest absolute Gasteiger partial charge is 0.325 e. The predicted molar refractivity (Wildman–Crippen MR) is 63.7 cm³/mol. The van der Waals surface area contributed by atoms with E-state index in [4.69, 9.17) is 14.6 Å². The van der Waals surface area contributed by atoms with Gasteiger partial charge in [-0.3, -0.25) is 4.79 Å². The fourth-order valence-corrected chi connectivity index (χ4v) is 1.71. The van der Waals surface area contributed by atoms with Crippen LogP contribution in [0.5, 0.6) is 11.5 Å². The molecule has 0 radical (unpaired) electrons. The number of carboxylic acids is 1. The van der Waals surface area contributed by atoms with Crippen LogP contribution >= 0.6 is 0 Å². The Kier molecular flexibility index (Phi) is 4.34. The fraction of sp³-hybridized carbons (Fsp3) is 0.417. The van der Waals surface area contributed by atoms with Crippen LogP contribution in [0.3, 0.4) is 0 Å². The van der Waals surface area contributed by atoms with Crippen molar-refractivity contribution in [2.75, 3.05) is 21.3 Å². The highest BCUT2D eigenvalue weighted by Gasteiger charge is 2.23. The quantitative estimate of drug-likeness (QED) is 0.812. The zero-order valence-electron chi connectivity index (χ0n) is 10.4. The predicted octanol–water partition coefficient (Wildman–Crippen LogP) is 1.36. The molecule has 2 N–H and O–H groups in total. The van der Waals surface area contributed by atoms with Gasteiger partial charge in [-0.1, -0.05) is 0 Å². The molecule has 0 fully saturated rings. The molecule has 1 unspecified atom stereocenters. The Hall–Kier alpha value is -1.75. The molecule has 1 atom stereocenters. The lowest BCUT2D eigenvalue weighted by atomic mass is 10.0. The summed E-state index contributed by atoms with van der Waals surface area (Å²) in [4.78, 5) is 11.1. The number of aliphatic carboxylic acids is 1. The number of carbonyl (C=O) groups is 1. The summed E-state index contributed by atoms with van der Waals surface area (Å²) in [5, 5.41) is 11.8. The van der Waals surface area contributed by atoms with Crippen molar-refractivity contribution in [1.29, 1.82) is 0 Å². The summed E-state index contributed by atoms with van der Waals surface area (Å²) in [6.07, 6.45) is 0. The second-order valence-electron chi connectivity index (χ2n) is 3.62. The Labute approximate surface area is 100 Å². The van der Waals surface area contributed by atoms with Gasteiger partial charge in [0.1, 0.15) is 17.5 Å². The van der Waals surface area contributed by atoms with Crippen LogP contribution in [0, 0.1) is 6.92 Å². The summed E-state index contributed by atoms with van der Waals surface area (Å²) in [6, 6.07) is 2.63. The van der Waals surface area contributed by atoms with Crippen molar-refractivity contribution in [1.82, 2.24) is 5.32 Å². The molecular weight excluding hydrogens is 222 g/mol. The molecule has 1 aromatic carbocycles. The van der Waals surface area contributed by atoms with Crippen molar-refractivity contribution in [2.24, 2.45) is 0 Å². The molecule has 0 aliphatic rings. The third kappa shape index (κ3) is 2.68. The van der Waals surface area contributed by atoms with Gasteiger partial charge in [0.2, 0.25) is 0 Å². The van der Waals surface area contributed by atoms with Crippen LogP contribution in [-0.2, 0) is 4.79 Å². The average Bonchev–Trinajstić information content (AvgIpc) is 2.30. The third-order valence-corrected chi connectivity index (χ3v) is 2.59. The average molecular weight is 239 g/mol. The Bertz CT molecular complexity index is 417. The first-order chi connectivity index (χ1) is 8.04. The largest absolute Gasteiger partial charge is 0.496 e. The van der Waals surface area contributed by atoms with Gasteiger partial charge in [-0.05, 0) is 31.7 Å². The molecule has 1 rings (SSSR count). The molecule has 0 aliphatic heterocycles. The van der Waals surface area contributed by atoms with E-state index < -0.39 is 12.0 Å². The topological polar surface area (TPSA) is 67.8 Å². The number of hydrogen-bond donors (Lipinski definition) is 2. The lowest BCUT2D eigenvalue weighted by Gasteiger charge is -2.17. The minimum absolute atomic E-state index is 0.532. The number of carboxylic acid groups (broad SMARTS) is 1. The Balaban J connectivity index is 3.33. The molecule has 0 saturated carbocycles. The van der Waals surface area contributed by atoms with Crippen LogP contribution < -0.4 is 14.8 Å². The number of rotatable bonds is 5. The summed E-state index contributed by atoms with van der Waals surface area (Å²) in [6.45, 7) is 1.88. The molecule has 0 bridgehead atoms. The molecule has 17 heavy (non-hydrogen) atoms. The van der Waals surface area contributed by atoms with E-state index in [1.165, 1.54) is 7.11 Å². The Morgan fingerprint density at radius 1 is 1.29 bits per heavy atom. The van der Waals surface area contributed by atoms with Gasteiger partial charge in [-0.15, -0.1) is 0 Å². The molecule has 0 heterocycles. The minimum Gasteiger partial charge on any atom is -0.496 e. The first-order valence-corrected chi connectivity index (χ1v) is 5.17. The molecule has 0 aromatic heterocycles. The van der Waals surface area contributed by atoms with Crippen molar-refractivity contribution in [3.63, 3.8) is 0 Å². The van der Waals surface area contributed by atoms with Gasteiger partial charge < -0.3 is 19.9 Å². The molecule has 0 aliphatic carbocycles. The summed E-state index contributed by atoms with van der Waals surface area (Å²) < 4.78 is 10.4. The van der Waals surface area contributed by atoms with Gasteiger partial charge in [0.25, 0.3) is 0 Å². The van der Waals surface area contributed by atoms with Crippen LogP contribution in [0.25, 0.3) is 0 Å².